The average Bonchev–Trinajstić information content (AvgIpc) is 2.65. The van der Waals surface area contributed by atoms with Gasteiger partial charge >= 0.3 is 0 Å². The highest BCUT2D eigenvalue weighted by atomic mass is 16.2. The summed E-state index contributed by atoms with van der Waals surface area (Å²) in [7, 11) is 0. The van der Waals surface area contributed by atoms with Gasteiger partial charge in [-0.15, -0.1) is 0 Å². The number of carbonyl (C=O) groups is 1. The van der Waals surface area contributed by atoms with Crippen molar-refractivity contribution >= 4 is 16.8 Å². The molecule has 1 amide bonds. The predicted molar refractivity (Wildman–Crippen MR) is 94.1 cm³/mol. The lowest BCUT2D eigenvalue weighted by atomic mass is 9.88. The Bertz CT molecular complexity index is 996. The number of nitrogens with one attached hydrogen (secondary N) is 1. The zero-order chi connectivity index (χ0) is 17.2. The molecule has 1 unspecified atom stereocenters. The second kappa shape index (κ2) is 6.47. The van der Waals surface area contributed by atoms with Crippen LogP contribution >= 0.6 is 0 Å². The first kappa shape index (κ1) is 15.5. The molecule has 1 aliphatic rings. The lowest BCUT2D eigenvalue weighted by molar-refractivity contribution is -0.122. The molecular formula is C19H18N4O2. The number of rotatable bonds is 3. The first-order valence-corrected chi connectivity index (χ1v) is 8.39. The van der Waals surface area contributed by atoms with E-state index < -0.39 is 0 Å². The van der Waals surface area contributed by atoms with Crippen molar-refractivity contribution in [3.05, 3.63) is 70.5 Å². The van der Waals surface area contributed by atoms with Gasteiger partial charge in [-0.3, -0.25) is 19.1 Å². The van der Waals surface area contributed by atoms with Gasteiger partial charge in [0.05, 0.1) is 29.5 Å². The first-order valence-electron chi connectivity index (χ1n) is 8.39. The van der Waals surface area contributed by atoms with Crippen molar-refractivity contribution in [1.29, 1.82) is 0 Å². The van der Waals surface area contributed by atoms with E-state index in [1.807, 2.05) is 12.1 Å². The Balaban J connectivity index is 1.54. The normalized spacial score (nSPS) is 16.4. The van der Waals surface area contributed by atoms with Crippen LogP contribution in [0.3, 0.4) is 0 Å². The van der Waals surface area contributed by atoms with Crippen LogP contribution in [0.15, 0.2) is 53.8 Å². The Kier molecular flexibility index (Phi) is 4.01. The van der Waals surface area contributed by atoms with Gasteiger partial charge in [-0.25, -0.2) is 4.98 Å². The fourth-order valence-corrected chi connectivity index (χ4v) is 3.42. The standard InChI is InChI=1S/C19H18N4O2/c24-18(22-16-7-3-5-13-4-1-2-6-14(13)16)11-23-12-21-17-10-20-9-8-15(17)19(23)25/h1-2,4,6,8-10,12,16H,3,5,7,11H2,(H,22,24). The quantitative estimate of drug-likeness (QED) is 0.795. The molecule has 6 heteroatoms. The Hall–Kier alpha value is -3.02. The number of amides is 1. The summed E-state index contributed by atoms with van der Waals surface area (Å²) >= 11 is 0. The van der Waals surface area contributed by atoms with Crippen LogP contribution in [0.1, 0.15) is 30.0 Å². The van der Waals surface area contributed by atoms with E-state index in [-0.39, 0.29) is 24.1 Å². The van der Waals surface area contributed by atoms with Gasteiger partial charge in [-0.2, -0.15) is 0 Å². The number of aromatic nitrogens is 3. The van der Waals surface area contributed by atoms with E-state index in [1.165, 1.54) is 22.0 Å². The van der Waals surface area contributed by atoms with Gasteiger partial charge in [-0.1, -0.05) is 24.3 Å². The van der Waals surface area contributed by atoms with E-state index >= 15 is 0 Å². The maximum Gasteiger partial charge on any atom is 0.261 e. The summed E-state index contributed by atoms with van der Waals surface area (Å²) in [4.78, 5) is 33.1. The van der Waals surface area contributed by atoms with Crippen LogP contribution in [0.2, 0.25) is 0 Å². The van der Waals surface area contributed by atoms with Gasteiger partial charge in [0.25, 0.3) is 5.56 Å². The van der Waals surface area contributed by atoms with Gasteiger partial charge < -0.3 is 5.32 Å². The van der Waals surface area contributed by atoms with E-state index in [1.54, 1.807) is 18.5 Å². The molecule has 0 radical (unpaired) electrons. The number of fused-ring (bicyclic) bond motifs is 2. The molecule has 0 aliphatic heterocycles. The summed E-state index contributed by atoms with van der Waals surface area (Å²) in [5, 5.41) is 3.53. The minimum absolute atomic E-state index is 0.00534. The summed E-state index contributed by atoms with van der Waals surface area (Å²) in [6, 6.07) is 9.82. The molecule has 0 bridgehead atoms. The number of nitrogens with zero attached hydrogens (tertiary/aromatic N) is 3. The molecule has 1 N–H and O–H groups in total. The molecule has 2 aromatic heterocycles. The molecule has 0 saturated heterocycles. The second-order valence-corrected chi connectivity index (χ2v) is 6.28. The molecule has 0 fully saturated rings. The second-order valence-electron chi connectivity index (χ2n) is 6.28. The van der Waals surface area contributed by atoms with Crippen molar-refractivity contribution in [1.82, 2.24) is 19.9 Å². The molecule has 1 aromatic carbocycles. The van der Waals surface area contributed by atoms with Crippen LogP contribution in [-0.4, -0.2) is 20.4 Å². The maximum absolute atomic E-state index is 12.5. The number of benzene rings is 1. The van der Waals surface area contributed by atoms with Gasteiger partial charge in [-0.05, 0) is 36.5 Å². The van der Waals surface area contributed by atoms with Crippen molar-refractivity contribution in [3.8, 4) is 0 Å². The molecule has 6 nitrogen and oxygen atoms in total. The monoisotopic (exact) mass is 334 g/mol. The van der Waals surface area contributed by atoms with Crippen molar-refractivity contribution in [2.45, 2.75) is 31.8 Å². The van der Waals surface area contributed by atoms with Gasteiger partial charge in [0.1, 0.15) is 6.54 Å². The van der Waals surface area contributed by atoms with Crippen LogP contribution < -0.4 is 10.9 Å². The van der Waals surface area contributed by atoms with Crippen molar-refractivity contribution in [2.75, 3.05) is 0 Å². The third-order valence-corrected chi connectivity index (χ3v) is 4.65. The highest BCUT2D eigenvalue weighted by Gasteiger charge is 2.21. The average molecular weight is 334 g/mol. The number of carbonyl (C=O) groups excluding carboxylic acids is 1. The van der Waals surface area contributed by atoms with Crippen LogP contribution in [0.4, 0.5) is 0 Å². The Labute approximate surface area is 144 Å². The maximum atomic E-state index is 12.5. The minimum Gasteiger partial charge on any atom is -0.348 e. The first-order chi connectivity index (χ1) is 12.2. The SMILES string of the molecule is O=C(Cn1cnc2cnccc2c1=O)NC1CCCc2ccccc21. The Morgan fingerprint density at radius 1 is 1.28 bits per heavy atom. The van der Waals surface area contributed by atoms with Gasteiger partial charge in [0.15, 0.2) is 0 Å². The molecule has 0 saturated carbocycles. The van der Waals surface area contributed by atoms with E-state index in [4.69, 9.17) is 0 Å². The summed E-state index contributed by atoms with van der Waals surface area (Å²) in [6.45, 7) is -0.0389. The highest BCUT2D eigenvalue weighted by Crippen LogP contribution is 2.29. The lowest BCUT2D eigenvalue weighted by Crippen LogP contribution is -2.36. The summed E-state index contributed by atoms with van der Waals surface area (Å²) in [6.07, 6.45) is 7.51. The molecule has 25 heavy (non-hydrogen) atoms. The number of aryl methyl sites for hydroxylation is 1. The minimum atomic E-state index is -0.230. The Morgan fingerprint density at radius 2 is 2.16 bits per heavy atom. The van der Waals surface area contributed by atoms with Crippen molar-refractivity contribution < 1.29 is 4.79 Å². The summed E-state index contributed by atoms with van der Waals surface area (Å²) in [5.74, 6) is -0.181. The summed E-state index contributed by atoms with van der Waals surface area (Å²) in [5.41, 5.74) is 2.77. The largest absolute Gasteiger partial charge is 0.348 e. The molecule has 1 aliphatic carbocycles. The molecule has 2 heterocycles. The topological polar surface area (TPSA) is 76.9 Å². The zero-order valence-electron chi connectivity index (χ0n) is 13.7. The van der Waals surface area contributed by atoms with E-state index in [2.05, 4.69) is 27.4 Å². The molecular weight excluding hydrogens is 316 g/mol. The zero-order valence-corrected chi connectivity index (χ0v) is 13.7. The molecule has 4 rings (SSSR count). The van der Waals surface area contributed by atoms with Crippen LogP contribution in [-0.2, 0) is 17.8 Å². The fraction of sp³-hybridized carbons (Fsp3) is 0.263. The van der Waals surface area contributed by atoms with Crippen LogP contribution in [0.5, 0.6) is 0 Å². The van der Waals surface area contributed by atoms with Gasteiger partial charge in [0, 0.05) is 6.20 Å². The van der Waals surface area contributed by atoms with Crippen LogP contribution in [0, 0.1) is 0 Å². The third-order valence-electron chi connectivity index (χ3n) is 4.65. The lowest BCUT2D eigenvalue weighted by Gasteiger charge is -2.26. The predicted octanol–water partition coefficient (Wildman–Crippen LogP) is 1.99. The van der Waals surface area contributed by atoms with Crippen LogP contribution in [0.25, 0.3) is 10.9 Å². The molecule has 0 spiro atoms. The summed E-state index contributed by atoms with van der Waals surface area (Å²) < 4.78 is 1.34. The highest BCUT2D eigenvalue weighted by molar-refractivity contribution is 5.78. The molecule has 126 valence electrons. The molecule has 1 atom stereocenters. The molecule has 3 aromatic rings. The smallest absolute Gasteiger partial charge is 0.261 e. The van der Waals surface area contributed by atoms with Crippen molar-refractivity contribution in [3.63, 3.8) is 0 Å². The fourth-order valence-electron chi connectivity index (χ4n) is 3.42. The number of hydrogen-bond acceptors (Lipinski definition) is 4. The van der Waals surface area contributed by atoms with E-state index in [9.17, 15) is 9.59 Å². The Morgan fingerprint density at radius 3 is 3.08 bits per heavy atom. The van der Waals surface area contributed by atoms with E-state index in [0.29, 0.717) is 10.9 Å². The number of pyridine rings is 1. The number of hydrogen-bond donors (Lipinski definition) is 1. The third kappa shape index (κ3) is 3.03. The van der Waals surface area contributed by atoms with Crippen molar-refractivity contribution in [2.24, 2.45) is 0 Å². The van der Waals surface area contributed by atoms with E-state index in [0.717, 1.165) is 19.3 Å². The van der Waals surface area contributed by atoms with Gasteiger partial charge in [0.2, 0.25) is 5.91 Å².